The van der Waals surface area contributed by atoms with E-state index in [9.17, 15) is 43.2 Å². The molecule has 0 aliphatic rings. The maximum atomic E-state index is 13.1. The normalized spacial score (nSPS) is 14.0. The largest absolute Gasteiger partial charge is 0.472 e. The van der Waals surface area contributed by atoms with Crippen molar-refractivity contribution >= 4 is 39.5 Å². The van der Waals surface area contributed by atoms with E-state index in [1.807, 2.05) is 0 Å². The first-order valence-corrected chi connectivity index (χ1v) is 45.3. The van der Waals surface area contributed by atoms with Gasteiger partial charge in [-0.3, -0.25) is 37.3 Å². The summed E-state index contributed by atoms with van der Waals surface area (Å²) in [6.07, 6.45) is 60.9. The fraction of sp³-hybridized carbons (Fsp3) is 0.951. The van der Waals surface area contributed by atoms with Gasteiger partial charge in [-0.1, -0.05) is 376 Å². The third-order valence-corrected chi connectivity index (χ3v) is 21.0. The second-order valence-electron chi connectivity index (χ2n) is 30.9. The number of hydrogen-bond donors (Lipinski definition) is 3. The van der Waals surface area contributed by atoms with Gasteiger partial charge in [0.1, 0.15) is 19.3 Å². The van der Waals surface area contributed by atoms with Crippen LogP contribution in [0.15, 0.2) is 0 Å². The van der Waals surface area contributed by atoms with E-state index >= 15 is 0 Å². The zero-order chi connectivity index (χ0) is 74.4. The fourth-order valence-corrected chi connectivity index (χ4v) is 14.2. The minimum Gasteiger partial charge on any atom is -0.462 e. The van der Waals surface area contributed by atoms with Crippen molar-refractivity contribution in [2.45, 2.75) is 446 Å². The van der Waals surface area contributed by atoms with E-state index in [4.69, 9.17) is 37.0 Å². The monoisotopic (exact) mass is 1480 g/mol. The Balaban J connectivity index is 5.26. The number of phosphoric acid groups is 2. The van der Waals surface area contributed by atoms with Crippen LogP contribution < -0.4 is 0 Å². The second kappa shape index (κ2) is 72.3. The molecule has 0 amide bonds. The third-order valence-electron chi connectivity index (χ3n) is 19.1. The summed E-state index contributed by atoms with van der Waals surface area (Å²) in [6, 6.07) is 0. The number of rotatable bonds is 80. The highest BCUT2D eigenvalue weighted by molar-refractivity contribution is 7.47. The molecule has 0 saturated heterocycles. The molecule has 0 aromatic heterocycles. The van der Waals surface area contributed by atoms with Crippen LogP contribution in [0.2, 0.25) is 0 Å². The molecule has 101 heavy (non-hydrogen) atoms. The van der Waals surface area contributed by atoms with Crippen molar-refractivity contribution in [3.05, 3.63) is 0 Å². The number of hydrogen-bond acceptors (Lipinski definition) is 15. The van der Waals surface area contributed by atoms with Crippen LogP contribution in [0.4, 0.5) is 0 Å². The van der Waals surface area contributed by atoms with Crippen molar-refractivity contribution < 1.29 is 80.2 Å². The molecule has 0 aromatic rings. The smallest absolute Gasteiger partial charge is 0.462 e. The summed E-state index contributed by atoms with van der Waals surface area (Å²) in [5.74, 6) is 0.237. The minimum atomic E-state index is -4.96. The predicted molar refractivity (Wildman–Crippen MR) is 414 cm³/mol. The van der Waals surface area contributed by atoms with E-state index in [1.54, 1.807) is 0 Å². The molecule has 0 saturated carbocycles. The van der Waals surface area contributed by atoms with Crippen LogP contribution in [0.3, 0.4) is 0 Å². The number of aliphatic hydroxyl groups excluding tert-OH is 1. The van der Waals surface area contributed by atoms with Crippen molar-refractivity contribution in [3.63, 3.8) is 0 Å². The van der Waals surface area contributed by atoms with E-state index in [0.717, 1.165) is 108 Å². The number of unbranched alkanes of at least 4 members (excludes halogenated alkanes) is 48. The molecule has 0 rings (SSSR count). The lowest BCUT2D eigenvalue weighted by atomic mass is 10.0. The van der Waals surface area contributed by atoms with E-state index in [2.05, 4.69) is 48.5 Å². The quantitative estimate of drug-likeness (QED) is 0.0222. The van der Waals surface area contributed by atoms with Crippen LogP contribution in [0.25, 0.3) is 0 Å². The first kappa shape index (κ1) is 99.1. The molecule has 0 radical (unpaired) electrons. The Labute approximate surface area is 619 Å². The Morgan fingerprint density at radius 3 is 0.673 bits per heavy atom. The number of aliphatic hydroxyl groups is 1. The van der Waals surface area contributed by atoms with Gasteiger partial charge in [0.15, 0.2) is 12.2 Å². The SMILES string of the molecule is CCCCCCCCCCCCCCCCC(=O)O[C@H](COC(=O)CCCCCCCCCCCC(C)C)COP(=O)(O)OC[C@H](O)COP(=O)(O)OC[C@@H](COC(=O)CCCCCCCCCCCCCCCC(C)C)OC(=O)CCCCCCCCCCCCCCCCCCC(C)C. The molecule has 0 heterocycles. The predicted octanol–water partition coefficient (Wildman–Crippen LogP) is 24.5. The maximum Gasteiger partial charge on any atom is 0.472 e. The van der Waals surface area contributed by atoms with Crippen molar-refractivity contribution in [1.82, 2.24) is 0 Å². The molecule has 5 atom stereocenters. The molecule has 0 aromatic carbocycles. The molecule has 600 valence electrons. The highest BCUT2D eigenvalue weighted by Gasteiger charge is 2.30. The lowest BCUT2D eigenvalue weighted by Gasteiger charge is -2.21. The van der Waals surface area contributed by atoms with Crippen LogP contribution in [0.1, 0.15) is 427 Å². The van der Waals surface area contributed by atoms with Crippen LogP contribution in [0.5, 0.6) is 0 Å². The van der Waals surface area contributed by atoms with Crippen LogP contribution in [0, 0.1) is 17.8 Å². The summed E-state index contributed by atoms with van der Waals surface area (Å²) in [4.78, 5) is 73.1. The molecule has 3 N–H and O–H groups in total. The van der Waals surface area contributed by atoms with Gasteiger partial charge in [-0.05, 0) is 43.4 Å². The molecule has 0 aliphatic carbocycles. The summed E-state index contributed by atoms with van der Waals surface area (Å²) >= 11 is 0. The molecule has 19 heteroatoms. The van der Waals surface area contributed by atoms with Crippen LogP contribution in [-0.2, 0) is 65.4 Å². The lowest BCUT2D eigenvalue weighted by Crippen LogP contribution is -2.30. The Bertz CT molecular complexity index is 1960. The van der Waals surface area contributed by atoms with Gasteiger partial charge in [-0.15, -0.1) is 0 Å². The summed E-state index contributed by atoms with van der Waals surface area (Å²) in [5.41, 5.74) is 0. The van der Waals surface area contributed by atoms with Gasteiger partial charge in [-0.25, -0.2) is 9.13 Å². The van der Waals surface area contributed by atoms with E-state index < -0.39 is 97.5 Å². The van der Waals surface area contributed by atoms with E-state index in [1.165, 1.54) is 238 Å². The van der Waals surface area contributed by atoms with Crippen LogP contribution in [-0.4, -0.2) is 96.7 Å². The maximum absolute atomic E-state index is 13.1. The Morgan fingerprint density at radius 2 is 0.455 bits per heavy atom. The summed E-state index contributed by atoms with van der Waals surface area (Å²) in [6.45, 7) is 12.0. The van der Waals surface area contributed by atoms with E-state index in [-0.39, 0.29) is 25.7 Å². The van der Waals surface area contributed by atoms with Gasteiger partial charge in [0.05, 0.1) is 26.4 Å². The van der Waals surface area contributed by atoms with Gasteiger partial charge in [0.2, 0.25) is 0 Å². The Hall–Kier alpha value is -1.94. The Kier molecular flexibility index (Phi) is 70.9. The molecule has 17 nitrogen and oxygen atoms in total. The molecule has 0 fully saturated rings. The molecule has 2 unspecified atom stereocenters. The van der Waals surface area contributed by atoms with Gasteiger partial charge >= 0.3 is 39.5 Å². The minimum absolute atomic E-state index is 0.108. The standard InChI is InChI=1S/C82H160O17P2/c1-8-9-10-11-12-13-14-15-23-29-36-44-51-58-65-81(86)99-78(70-93-80(85)64-57-50-43-38-31-34-41-48-55-62-75(6)7)72-97-101(90,91)95-68-76(83)67-94-100(88,89)96-71-77(69-92-79(84)63-56-49-42-35-28-25-20-22-27-33-40-47-54-61-74(4)5)98-82(87)66-59-52-45-37-30-24-19-17-16-18-21-26-32-39-46-53-60-73(2)3/h73-78,83H,8-72H2,1-7H3,(H,88,89)(H,90,91)/t76-,77-,78-/m1/s1. The molecule has 0 spiro atoms. The number of esters is 4. The fourth-order valence-electron chi connectivity index (χ4n) is 12.7. The summed E-state index contributed by atoms with van der Waals surface area (Å²) < 4.78 is 68.8. The van der Waals surface area contributed by atoms with Crippen molar-refractivity contribution in [2.24, 2.45) is 17.8 Å². The second-order valence-corrected chi connectivity index (χ2v) is 33.8. The van der Waals surface area contributed by atoms with Gasteiger partial charge in [0.25, 0.3) is 0 Å². The lowest BCUT2D eigenvalue weighted by molar-refractivity contribution is -0.161. The van der Waals surface area contributed by atoms with Crippen molar-refractivity contribution in [3.8, 4) is 0 Å². The number of carbonyl (C=O) groups excluding carboxylic acids is 4. The number of ether oxygens (including phenoxy) is 4. The molecular formula is C82H160O17P2. The first-order chi connectivity index (χ1) is 48.7. The first-order valence-electron chi connectivity index (χ1n) is 42.3. The van der Waals surface area contributed by atoms with Crippen molar-refractivity contribution in [2.75, 3.05) is 39.6 Å². The van der Waals surface area contributed by atoms with Gasteiger partial charge in [-0.2, -0.15) is 0 Å². The average Bonchev–Trinajstić information content (AvgIpc) is 0.953. The summed E-state index contributed by atoms with van der Waals surface area (Å²) in [7, 11) is -9.92. The third kappa shape index (κ3) is 76.1. The topological polar surface area (TPSA) is 237 Å². The van der Waals surface area contributed by atoms with Crippen LogP contribution >= 0.6 is 15.6 Å². The zero-order valence-corrected chi connectivity index (χ0v) is 68.2. The highest BCUT2D eigenvalue weighted by atomic mass is 31.2. The number of phosphoric ester groups is 2. The molecule has 0 aliphatic heterocycles. The molecular weight excluding hydrogens is 1320 g/mol. The summed E-state index contributed by atoms with van der Waals surface area (Å²) in [5, 5.41) is 10.7. The van der Waals surface area contributed by atoms with Gasteiger partial charge in [0, 0.05) is 25.7 Å². The molecule has 0 bridgehead atoms. The van der Waals surface area contributed by atoms with Crippen molar-refractivity contribution in [1.29, 1.82) is 0 Å². The highest BCUT2D eigenvalue weighted by Crippen LogP contribution is 2.45. The van der Waals surface area contributed by atoms with Gasteiger partial charge < -0.3 is 33.8 Å². The average molecular weight is 1480 g/mol. The Morgan fingerprint density at radius 1 is 0.267 bits per heavy atom. The zero-order valence-electron chi connectivity index (χ0n) is 66.4. The number of carbonyl (C=O) groups is 4. The van der Waals surface area contributed by atoms with E-state index in [0.29, 0.717) is 25.7 Å².